The van der Waals surface area contributed by atoms with Crippen LogP contribution in [-0.2, 0) is 11.2 Å². The summed E-state index contributed by atoms with van der Waals surface area (Å²) < 4.78 is 5.42. The number of hydrogen-bond donors (Lipinski definition) is 0. The van der Waals surface area contributed by atoms with Gasteiger partial charge in [-0.25, -0.2) is 4.98 Å². The highest BCUT2D eigenvalue weighted by molar-refractivity contribution is 5.46. The van der Waals surface area contributed by atoms with Crippen molar-refractivity contribution < 1.29 is 4.74 Å². The fourth-order valence-electron chi connectivity index (χ4n) is 2.61. The van der Waals surface area contributed by atoms with Crippen LogP contribution in [0.15, 0.2) is 30.6 Å². The second kappa shape index (κ2) is 7.37. The summed E-state index contributed by atoms with van der Waals surface area (Å²) in [5, 5.41) is 0. The van der Waals surface area contributed by atoms with E-state index < -0.39 is 0 Å². The predicted octanol–water partition coefficient (Wildman–Crippen LogP) is 1.70. The molecule has 3 rings (SSSR count). The number of hydrogen-bond acceptors (Lipinski definition) is 6. The molecule has 0 N–H and O–H groups in total. The van der Waals surface area contributed by atoms with E-state index in [1.54, 1.807) is 0 Å². The zero-order valence-corrected chi connectivity index (χ0v) is 13.8. The van der Waals surface area contributed by atoms with Crippen molar-refractivity contribution in [3.63, 3.8) is 0 Å². The summed E-state index contributed by atoms with van der Waals surface area (Å²) in [4.78, 5) is 17.8. The molecular formula is C17H23N5O. The molecule has 122 valence electrons. The third-order valence-electron chi connectivity index (χ3n) is 3.99. The van der Waals surface area contributed by atoms with Gasteiger partial charge in [0.2, 0.25) is 5.95 Å². The van der Waals surface area contributed by atoms with Crippen LogP contribution >= 0.6 is 0 Å². The highest BCUT2D eigenvalue weighted by Crippen LogP contribution is 2.18. The van der Waals surface area contributed by atoms with Gasteiger partial charge in [0, 0.05) is 50.8 Å². The summed E-state index contributed by atoms with van der Waals surface area (Å²) >= 11 is 0. The van der Waals surface area contributed by atoms with Crippen LogP contribution in [0.25, 0.3) is 0 Å². The first kappa shape index (κ1) is 15.7. The molecule has 1 aliphatic rings. The molecule has 2 aromatic rings. The molecule has 6 heteroatoms. The SMILES string of the molecule is Cc1cc(N2CCOCC2)nc(N(C)CCc2ccncc2)n1. The van der Waals surface area contributed by atoms with Crippen LogP contribution in [0.3, 0.4) is 0 Å². The number of aromatic nitrogens is 3. The average molecular weight is 313 g/mol. The third-order valence-corrected chi connectivity index (χ3v) is 3.99. The molecule has 0 amide bonds. The average Bonchev–Trinajstić information content (AvgIpc) is 2.61. The minimum absolute atomic E-state index is 0.760. The van der Waals surface area contributed by atoms with Crippen LogP contribution in [0.2, 0.25) is 0 Å². The fourth-order valence-corrected chi connectivity index (χ4v) is 2.61. The first-order chi connectivity index (χ1) is 11.2. The van der Waals surface area contributed by atoms with Crippen LogP contribution in [0.5, 0.6) is 0 Å². The van der Waals surface area contributed by atoms with Gasteiger partial charge in [0.25, 0.3) is 0 Å². The molecular weight excluding hydrogens is 290 g/mol. The lowest BCUT2D eigenvalue weighted by Crippen LogP contribution is -2.37. The maximum atomic E-state index is 5.42. The Morgan fingerprint density at radius 2 is 1.91 bits per heavy atom. The van der Waals surface area contributed by atoms with E-state index in [-0.39, 0.29) is 0 Å². The van der Waals surface area contributed by atoms with E-state index in [1.165, 1.54) is 5.56 Å². The van der Waals surface area contributed by atoms with Gasteiger partial charge >= 0.3 is 0 Å². The Bertz CT molecular complexity index is 628. The van der Waals surface area contributed by atoms with E-state index in [0.717, 1.165) is 56.7 Å². The predicted molar refractivity (Wildman–Crippen MR) is 91.0 cm³/mol. The Kier molecular flexibility index (Phi) is 5.02. The summed E-state index contributed by atoms with van der Waals surface area (Å²) in [7, 11) is 2.04. The first-order valence-corrected chi connectivity index (χ1v) is 8.01. The van der Waals surface area contributed by atoms with E-state index in [4.69, 9.17) is 9.72 Å². The molecule has 1 saturated heterocycles. The van der Waals surface area contributed by atoms with E-state index in [2.05, 4.69) is 19.8 Å². The maximum Gasteiger partial charge on any atom is 0.227 e. The van der Waals surface area contributed by atoms with Crippen molar-refractivity contribution >= 4 is 11.8 Å². The maximum absolute atomic E-state index is 5.42. The van der Waals surface area contributed by atoms with E-state index in [0.29, 0.717) is 0 Å². The van der Waals surface area contributed by atoms with Crippen LogP contribution in [-0.4, -0.2) is 54.8 Å². The van der Waals surface area contributed by atoms with E-state index >= 15 is 0 Å². The lowest BCUT2D eigenvalue weighted by molar-refractivity contribution is 0.122. The number of morpholine rings is 1. The van der Waals surface area contributed by atoms with Crippen LogP contribution in [0, 0.1) is 6.92 Å². The summed E-state index contributed by atoms with van der Waals surface area (Å²) in [6.07, 6.45) is 4.60. The van der Waals surface area contributed by atoms with Gasteiger partial charge in [0.15, 0.2) is 0 Å². The van der Waals surface area contributed by atoms with Gasteiger partial charge in [-0.1, -0.05) is 0 Å². The highest BCUT2D eigenvalue weighted by Gasteiger charge is 2.15. The molecule has 2 aromatic heterocycles. The smallest absolute Gasteiger partial charge is 0.227 e. The van der Waals surface area contributed by atoms with Gasteiger partial charge < -0.3 is 14.5 Å². The molecule has 0 bridgehead atoms. The van der Waals surface area contributed by atoms with Crippen molar-refractivity contribution in [2.45, 2.75) is 13.3 Å². The Hall–Kier alpha value is -2.21. The van der Waals surface area contributed by atoms with Crippen LogP contribution in [0.1, 0.15) is 11.3 Å². The summed E-state index contributed by atoms with van der Waals surface area (Å²) in [6, 6.07) is 6.14. The summed E-state index contributed by atoms with van der Waals surface area (Å²) in [6.45, 7) is 6.18. The zero-order chi connectivity index (χ0) is 16.1. The topological polar surface area (TPSA) is 54.4 Å². The molecule has 0 atom stereocenters. The molecule has 1 fully saturated rings. The number of pyridine rings is 1. The lowest BCUT2D eigenvalue weighted by Gasteiger charge is -2.29. The molecule has 0 spiro atoms. The monoisotopic (exact) mass is 313 g/mol. The van der Waals surface area contributed by atoms with Crippen molar-refractivity contribution in [2.24, 2.45) is 0 Å². The van der Waals surface area contributed by atoms with Crippen LogP contribution in [0.4, 0.5) is 11.8 Å². The minimum Gasteiger partial charge on any atom is -0.378 e. The second-order valence-electron chi connectivity index (χ2n) is 5.79. The molecule has 0 saturated carbocycles. The molecule has 0 aromatic carbocycles. The molecule has 0 aliphatic carbocycles. The first-order valence-electron chi connectivity index (χ1n) is 8.01. The van der Waals surface area contributed by atoms with E-state index in [9.17, 15) is 0 Å². The number of aryl methyl sites for hydroxylation is 1. The van der Waals surface area contributed by atoms with Crippen molar-refractivity contribution in [1.82, 2.24) is 15.0 Å². The summed E-state index contributed by atoms with van der Waals surface area (Å²) in [5.41, 5.74) is 2.26. The quantitative estimate of drug-likeness (QED) is 0.837. The fraction of sp³-hybridized carbons (Fsp3) is 0.471. The van der Waals surface area contributed by atoms with Crippen molar-refractivity contribution in [3.05, 3.63) is 41.9 Å². The van der Waals surface area contributed by atoms with Crippen LogP contribution < -0.4 is 9.80 Å². The van der Waals surface area contributed by atoms with Gasteiger partial charge in [0.05, 0.1) is 13.2 Å². The second-order valence-corrected chi connectivity index (χ2v) is 5.79. The lowest BCUT2D eigenvalue weighted by atomic mass is 10.2. The van der Waals surface area contributed by atoms with Gasteiger partial charge in [-0.05, 0) is 31.0 Å². The van der Waals surface area contributed by atoms with Gasteiger partial charge in [-0.2, -0.15) is 4.98 Å². The van der Waals surface area contributed by atoms with Gasteiger partial charge in [-0.3, -0.25) is 4.98 Å². The summed E-state index contributed by atoms with van der Waals surface area (Å²) in [5.74, 6) is 1.77. The number of ether oxygens (including phenoxy) is 1. The zero-order valence-electron chi connectivity index (χ0n) is 13.8. The van der Waals surface area contributed by atoms with Gasteiger partial charge in [-0.15, -0.1) is 0 Å². The minimum atomic E-state index is 0.760. The van der Waals surface area contributed by atoms with E-state index in [1.807, 2.05) is 44.6 Å². The number of anilines is 2. The number of rotatable bonds is 5. The highest BCUT2D eigenvalue weighted by atomic mass is 16.5. The molecule has 6 nitrogen and oxygen atoms in total. The largest absolute Gasteiger partial charge is 0.378 e. The molecule has 0 radical (unpaired) electrons. The van der Waals surface area contributed by atoms with Crippen molar-refractivity contribution in [1.29, 1.82) is 0 Å². The van der Waals surface area contributed by atoms with Crippen molar-refractivity contribution in [3.8, 4) is 0 Å². The Morgan fingerprint density at radius 1 is 1.17 bits per heavy atom. The molecule has 3 heterocycles. The molecule has 23 heavy (non-hydrogen) atoms. The Labute approximate surface area is 137 Å². The van der Waals surface area contributed by atoms with Gasteiger partial charge in [0.1, 0.15) is 5.82 Å². The number of nitrogens with zero attached hydrogens (tertiary/aromatic N) is 5. The molecule has 0 unspecified atom stereocenters. The Balaban J connectivity index is 1.69. The Morgan fingerprint density at radius 3 is 2.65 bits per heavy atom. The third kappa shape index (κ3) is 4.16. The molecule has 1 aliphatic heterocycles. The standard InChI is InChI=1S/C17H23N5O/c1-14-13-16(22-9-11-23-12-10-22)20-17(19-14)21(2)8-5-15-3-6-18-7-4-15/h3-4,6-7,13H,5,8-12H2,1-2H3. The van der Waals surface area contributed by atoms with Crippen molar-refractivity contribution in [2.75, 3.05) is 49.7 Å². The number of likely N-dealkylation sites (N-methyl/N-ethyl adjacent to an activating group) is 1. The normalized spacial score (nSPS) is 14.8.